The number of nitrogens with two attached hydrogens (primary N) is 1. The fourth-order valence-electron chi connectivity index (χ4n) is 2.50. The van der Waals surface area contributed by atoms with Crippen molar-refractivity contribution in [3.8, 4) is 0 Å². The van der Waals surface area contributed by atoms with E-state index < -0.39 is 5.54 Å². The van der Waals surface area contributed by atoms with Crippen LogP contribution in [0.5, 0.6) is 0 Å². The zero-order chi connectivity index (χ0) is 10.9. The van der Waals surface area contributed by atoms with Gasteiger partial charge in [0.05, 0.1) is 5.54 Å². The van der Waals surface area contributed by atoms with Crippen LogP contribution in [0, 0.1) is 5.92 Å². The van der Waals surface area contributed by atoms with Gasteiger partial charge in [-0.2, -0.15) is 0 Å². The molecule has 2 aliphatic rings. The van der Waals surface area contributed by atoms with Crippen LogP contribution in [0.3, 0.4) is 0 Å². The molecule has 0 atom stereocenters. The maximum atomic E-state index is 11.9. The second kappa shape index (κ2) is 4.12. The minimum absolute atomic E-state index is 0.206. The van der Waals surface area contributed by atoms with Gasteiger partial charge in [0.25, 0.3) is 0 Å². The average Bonchev–Trinajstić information content (AvgIpc) is 2.99. The van der Waals surface area contributed by atoms with Crippen molar-refractivity contribution in [2.24, 2.45) is 11.7 Å². The van der Waals surface area contributed by atoms with Crippen LogP contribution in [0.1, 0.15) is 45.4 Å². The Morgan fingerprint density at radius 2 is 2.00 bits per heavy atom. The summed E-state index contributed by atoms with van der Waals surface area (Å²) in [5.74, 6) is 1.05. The molecule has 2 N–H and O–H groups in total. The average molecular weight is 210 g/mol. The van der Waals surface area contributed by atoms with Crippen molar-refractivity contribution in [3.05, 3.63) is 0 Å². The van der Waals surface area contributed by atoms with Gasteiger partial charge in [0.15, 0.2) is 0 Å². The zero-order valence-corrected chi connectivity index (χ0v) is 9.67. The third kappa shape index (κ3) is 2.33. The molecule has 0 spiro atoms. The molecule has 15 heavy (non-hydrogen) atoms. The summed E-state index contributed by atoms with van der Waals surface area (Å²) in [5.41, 5.74) is 5.46. The second-order valence-electron chi connectivity index (χ2n) is 5.18. The van der Waals surface area contributed by atoms with Crippen LogP contribution in [0.2, 0.25) is 0 Å². The Bertz CT molecular complexity index is 240. The van der Waals surface area contributed by atoms with E-state index in [9.17, 15) is 4.79 Å². The number of likely N-dealkylation sites (tertiary alicyclic amines) is 1. The number of carbonyl (C=O) groups is 1. The predicted octanol–water partition coefficient (Wildman–Crippen LogP) is 1.52. The monoisotopic (exact) mass is 210 g/mol. The Morgan fingerprint density at radius 3 is 2.47 bits per heavy atom. The molecule has 1 saturated heterocycles. The molecule has 86 valence electrons. The van der Waals surface area contributed by atoms with Crippen LogP contribution in [0.15, 0.2) is 0 Å². The van der Waals surface area contributed by atoms with Gasteiger partial charge in [-0.15, -0.1) is 0 Å². The summed E-state index contributed by atoms with van der Waals surface area (Å²) in [5, 5.41) is 0. The minimum atomic E-state index is -0.461. The normalized spacial score (nSPS) is 25.3. The van der Waals surface area contributed by atoms with Crippen LogP contribution in [-0.4, -0.2) is 29.4 Å². The Hall–Kier alpha value is -0.570. The molecular weight excluding hydrogens is 188 g/mol. The molecule has 3 nitrogen and oxygen atoms in total. The summed E-state index contributed by atoms with van der Waals surface area (Å²) >= 11 is 0. The summed E-state index contributed by atoms with van der Waals surface area (Å²) in [6.07, 6.45) is 6.71. The lowest BCUT2D eigenvalue weighted by molar-refractivity contribution is -0.135. The summed E-state index contributed by atoms with van der Waals surface area (Å²) in [4.78, 5) is 13.9. The first-order chi connectivity index (χ1) is 7.15. The van der Waals surface area contributed by atoms with E-state index in [1.165, 1.54) is 25.7 Å². The minimum Gasteiger partial charge on any atom is -0.341 e. The van der Waals surface area contributed by atoms with Crippen molar-refractivity contribution < 1.29 is 4.79 Å². The van der Waals surface area contributed by atoms with Gasteiger partial charge in [-0.25, -0.2) is 0 Å². The number of nitrogens with zero attached hydrogens (tertiary/aromatic N) is 1. The van der Waals surface area contributed by atoms with Gasteiger partial charge in [0.2, 0.25) is 5.91 Å². The highest BCUT2D eigenvalue weighted by Gasteiger charge is 2.48. The van der Waals surface area contributed by atoms with Gasteiger partial charge in [0.1, 0.15) is 0 Å². The third-order valence-electron chi connectivity index (χ3n) is 3.81. The molecule has 1 heterocycles. The van der Waals surface area contributed by atoms with Gasteiger partial charge in [-0.3, -0.25) is 4.79 Å². The van der Waals surface area contributed by atoms with Crippen LogP contribution < -0.4 is 5.73 Å². The molecule has 0 aromatic carbocycles. The van der Waals surface area contributed by atoms with Gasteiger partial charge < -0.3 is 10.6 Å². The number of rotatable bonds is 3. The van der Waals surface area contributed by atoms with E-state index in [0.717, 1.165) is 31.8 Å². The quantitative estimate of drug-likeness (QED) is 0.767. The summed E-state index contributed by atoms with van der Waals surface area (Å²) < 4.78 is 0. The molecule has 0 aromatic rings. The number of piperidine rings is 1. The molecule has 2 fully saturated rings. The second-order valence-corrected chi connectivity index (χ2v) is 5.18. The van der Waals surface area contributed by atoms with E-state index in [2.05, 4.69) is 6.92 Å². The topological polar surface area (TPSA) is 46.3 Å². The van der Waals surface area contributed by atoms with E-state index in [4.69, 9.17) is 5.73 Å². The van der Waals surface area contributed by atoms with Crippen molar-refractivity contribution in [2.75, 3.05) is 13.1 Å². The number of amides is 1. The van der Waals surface area contributed by atoms with Crippen LogP contribution >= 0.6 is 0 Å². The highest BCUT2D eigenvalue weighted by molar-refractivity contribution is 5.89. The predicted molar refractivity (Wildman–Crippen MR) is 60.4 cm³/mol. The lowest BCUT2D eigenvalue weighted by Crippen LogP contribution is -2.48. The van der Waals surface area contributed by atoms with Crippen molar-refractivity contribution >= 4 is 5.91 Å². The molecule has 0 unspecified atom stereocenters. The van der Waals surface area contributed by atoms with Crippen molar-refractivity contribution in [3.63, 3.8) is 0 Å². The fourth-order valence-corrected chi connectivity index (χ4v) is 2.50. The third-order valence-corrected chi connectivity index (χ3v) is 3.81. The summed E-state index contributed by atoms with van der Waals surface area (Å²) in [6, 6.07) is 0. The maximum Gasteiger partial charge on any atom is 0.242 e. The summed E-state index contributed by atoms with van der Waals surface area (Å²) in [7, 11) is 0. The van der Waals surface area contributed by atoms with Gasteiger partial charge >= 0.3 is 0 Å². The van der Waals surface area contributed by atoms with Gasteiger partial charge in [-0.1, -0.05) is 19.8 Å². The molecular formula is C12H22N2O. The number of hydrogen-bond donors (Lipinski definition) is 1. The molecule has 1 aliphatic heterocycles. The summed E-state index contributed by atoms with van der Waals surface area (Å²) in [6.45, 7) is 4.10. The van der Waals surface area contributed by atoms with Crippen LogP contribution in [-0.2, 0) is 4.79 Å². The molecule has 1 amide bonds. The maximum absolute atomic E-state index is 11.9. The Morgan fingerprint density at radius 1 is 1.40 bits per heavy atom. The smallest absolute Gasteiger partial charge is 0.242 e. The van der Waals surface area contributed by atoms with Gasteiger partial charge in [0, 0.05) is 13.1 Å². The molecule has 1 aliphatic carbocycles. The Balaban J connectivity index is 1.80. The van der Waals surface area contributed by atoms with Crippen LogP contribution in [0.25, 0.3) is 0 Å². The first-order valence-corrected chi connectivity index (χ1v) is 6.24. The number of hydrogen-bond acceptors (Lipinski definition) is 2. The molecule has 0 bridgehead atoms. The molecule has 0 radical (unpaired) electrons. The molecule has 2 rings (SSSR count). The first kappa shape index (κ1) is 10.9. The molecule has 1 saturated carbocycles. The van der Waals surface area contributed by atoms with E-state index >= 15 is 0 Å². The standard InChI is InChI=1S/C12H22N2O/c1-2-3-10-4-8-14(9-5-10)11(15)12(13)6-7-12/h10H,2-9,13H2,1H3. The molecule has 3 heteroatoms. The first-order valence-electron chi connectivity index (χ1n) is 6.24. The van der Waals surface area contributed by atoms with E-state index in [1.807, 2.05) is 4.90 Å². The van der Waals surface area contributed by atoms with Crippen molar-refractivity contribution in [1.82, 2.24) is 4.90 Å². The van der Waals surface area contributed by atoms with Gasteiger partial charge in [-0.05, 0) is 31.6 Å². The lowest BCUT2D eigenvalue weighted by Gasteiger charge is -2.33. The van der Waals surface area contributed by atoms with Crippen LogP contribution in [0.4, 0.5) is 0 Å². The lowest BCUT2D eigenvalue weighted by atomic mass is 9.92. The SMILES string of the molecule is CCCC1CCN(C(=O)C2(N)CC2)CC1. The highest BCUT2D eigenvalue weighted by atomic mass is 16.2. The fraction of sp³-hybridized carbons (Fsp3) is 0.917. The molecule has 0 aromatic heterocycles. The van der Waals surface area contributed by atoms with Crippen molar-refractivity contribution in [2.45, 2.75) is 51.0 Å². The van der Waals surface area contributed by atoms with E-state index in [0.29, 0.717) is 0 Å². The van der Waals surface area contributed by atoms with E-state index in [-0.39, 0.29) is 5.91 Å². The Labute approximate surface area is 92.0 Å². The largest absolute Gasteiger partial charge is 0.341 e. The van der Waals surface area contributed by atoms with E-state index in [1.54, 1.807) is 0 Å². The number of carbonyl (C=O) groups excluding carboxylic acids is 1. The highest BCUT2D eigenvalue weighted by Crippen LogP contribution is 2.35. The zero-order valence-electron chi connectivity index (χ0n) is 9.67. The van der Waals surface area contributed by atoms with Crippen molar-refractivity contribution in [1.29, 1.82) is 0 Å². The Kier molecular flexibility index (Phi) is 3.01.